The number of carbonyl (C=O) groups excluding carboxylic acids is 4. The quantitative estimate of drug-likeness (QED) is 0.408. The fourth-order valence-corrected chi connectivity index (χ4v) is 3.73. The van der Waals surface area contributed by atoms with Gasteiger partial charge in [0, 0.05) is 21.9 Å². The van der Waals surface area contributed by atoms with Gasteiger partial charge in [-0.05, 0) is 42.5 Å². The molecule has 2 heterocycles. The Labute approximate surface area is 161 Å². The predicted molar refractivity (Wildman–Crippen MR) is 98.2 cm³/mol. The molecule has 5 rings (SSSR count). The zero-order valence-electron chi connectivity index (χ0n) is 14.5. The molecule has 0 aliphatic carbocycles. The van der Waals surface area contributed by atoms with Gasteiger partial charge in [-0.1, -0.05) is 6.07 Å². The molecule has 0 atom stereocenters. The molecule has 0 radical (unpaired) electrons. The molecule has 1 N–H and O–H groups in total. The monoisotopic (exact) mass is 387 g/mol. The van der Waals surface area contributed by atoms with Gasteiger partial charge in [0.2, 0.25) is 0 Å². The van der Waals surface area contributed by atoms with Gasteiger partial charge < -0.3 is 9.84 Å². The van der Waals surface area contributed by atoms with E-state index in [4.69, 9.17) is 4.74 Å². The number of anilines is 1. The van der Waals surface area contributed by atoms with Crippen LogP contribution in [0.2, 0.25) is 0 Å². The summed E-state index contributed by atoms with van der Waals surface area (Å²) in [6.45, 7) is 0. The number of cyclic esters (lactones) is 2. The summed E-state index contributed by atoms with van der Waals surface area (Å²) < 4.78 is 4.70. The molecule has 2 amide bonds. The van der Waals surface area contributed by atoms with E-state index >= 15 is 0 Å². The Morgan fingerprint density at radius 3 is 1.83 bits per heavy atom. The second-order valence-corrected chi connectivity index (χ2v) is 6.55. The second kappa shape index (κ2) is 5.59. The van der Waals surface area contributed by atoms with E-state index in [1.807, 2.05) is 0 Å². The van der Waals surface area contributed by atoms with Crippen LogP contribution in [0.25, 0.3) is 10.8 Å². The van der Waals surface area contributed by atoms with E-state index in [1.54, 1.807) is 0 Å². The molecule has 8 nitrogen and oxygen atoms in total. The van der Waals surface area contributed by atoms with E-state index in [-0.39, 0.29) is 44.3 Å². The number of rotatable bonds is 2. The van der Waals surface area contributed by atoms with E-state index in [2.05, 4.69) is 0 Å². The van der Waals surface area contributed by atoms with Gasteiger partial charge in [-0.15, -0.1) is 0 Å². The first-order valence-corrected chi connectivity index (χ1v) is 8.47. The summed E-state index contributed by atoms with van der Waals surface area (Å²) in [5, 5.41) is 9.62. The number of amides is 2. The number of carbonyl (C=O) groups is 5. The number of hydrogen-bond acceptors (Lipinski definition) is 6. The Bertz CT molecular complexity index is 1270. The van der Waals surface area contributed by atoms with Crippen LogP contribution in [0.3, 0.4) is 0 Å². The number of ether oxygens (including phenoxy) is 1. The minimum atomic E-state index is -1.19. The van der Waals surface area contributed by atoms with Crippen molar-refractivity contribution in [3.63, 3.8) is 0 Å². The number of carboxylic acids is 1. The molecule has 0 unspecified atom stereocenters. The summed E-state index contributed by atoms with van der Waals surface area (Å²) in [6.07, 6.45) is 0. The van der Waals surface area contributed by atoms with Gasteiger partial charge in [0.1, 0.15) is 0 Å². The lowest BCUT2D eigenvalue weighted by Crippen LogP contribution is -2.41. The maximum atomic E-state index is 13.1. The van der Waals surface area contributed by atoms with Crippen molar-refractivity contribution in [1.29, 1.82) is 0 Å². The summed E-state index contributed by atoms with van der Waals surface area (Å²) in [6, 6.07) is 11.0. The van der Waals surface area contributed by atoms with Gasteiger partial charge >= 0.3 is 17.9 Å². The smallest absolute Gasteiger partial charge is 0.346 e. The number of aromatic carboxylic acids is 1. The highest BCUT2D eigenvalue weighted by Crippen LogP contribution is 2.38. The van der Waals surface area contributed by atoms with Gasteiger partial charge in [0.25, 0.3) is 11.8 Å². The molecule has 8 heteroatoms. The summed E-state index contributed by atoms with van der Waals surface area (Å²) in [4.78, 5) is 62.6. The molecule has 3 aromatic carbocycles. The number of benzene rings is 3. The van der Waals surface area contributed by atoms with Crippen LogP contribution >= 0.6 is 0 Å². The number of carboxylic acid groups (broad SMARTS) is 1. The number of nitrogens with zero attached hydrogens (tertiary/aromatic N) is 1. The minimum absolute atomic E-state index is 0.0764. The molecule has 0 saturated carbocycles. The largest absolute Gasteiger partial charge is 0.478 e. The Morgan fingerprint density at radius 1 is 0.759 bits per heavy atom. The average Bonchev–Trinajstić information content (AvgIpc) is 2.70. The molecule has 0 aromatic heterocycles. The Hall–Kier alpha value is -4.33. The third kappa shape index (κ3) is 2.16. The van der Waals surface area contributed by atoms with Gasteiger partial charge in [-0.3, -0.25) is 9.59 Å². The number of hydrogen-bond donors (Lipinski definition) is 1. The van der Waals surface area contributed by atoms with E-state index in [0.717, 1.165) is 4.90 Å². The summed E-state index contributed by atoms with van der Waals surface area (Å²) in [7, 11) is 0. The van der Waals surface area contributed by atoms with Crippen LogP contribution in [-0.2, 0) is 4.74 Å². The topological polar surface area (TPSA) is 118 Å². The number of imide groups is 1. The highest BCUT2D eigenvalue weighted by molar-refractivity contribution is 6.38. The zero-order valence-corrected chi connectivity index (χ0v) is 14.5. The third-order valence-corrected chi connectivity index (χ3v) is 5.00. The van der Waals surface area contributed by atoms with Gasteiger partial charge in [-0.2, -0.15) is 0 Å². The molecule has 140 valence electrons. The van der Waals surface area contributed by atoms with Crippen LogP contribution in [0.4, 0.5) is 5.69 Å². The minimum Gasteiger partial charge on any atom is -0.478 e. The molecule has 3 aromatic rings. The van der Waals surface area contributed by atoms with Crippen molar-refractivity contribution in [2.45, 2.75) is 0 Å². The van der Waals surface area contributed by atoms with Crippen molar-refractivity contribution < 1.29 is 33.8 Å². The highest BCUT2D eigenvalue weighted by Gasteiger charge is 2.38. The number of esters is 2. The maximum Gasteiger partial charge on any atom is 0.346 e. The van der Waals surface area contributed by atoms with Gasteiger partial charge in [-0.25, -0.2) is 19.3 Å². The predicted octanol–water partition coefficient (Wildman–Crippen LogP) is 2.65. The molecule has 2 aliphatic heterocycles. The van der Waals surface area contributed by atoms with Crippen LogP contribution in [0.15, 0.2) is 48.5 Å². The lowest BCUT2D eigenvalue weighted by molar-refractivity contribution is 0.0389. The van der Waals surface area contributed by atoms with Crippen LogP contribution in [0.1, 0.15) is 51.8 Å². The Kier molecular flexibility index (Phi) is 3.24. The van der Waals surface area contributed by atoms with Crippen LogP contribution in [-0.4, -0.2) is 34.8 Å². The fraction of sp³-hybridized carbons (Fsp3) is 0. The third-order valence-electron chi connectivity index (χ3n) is 5.00. The Balaban J connectivity index is 1.78. The summed E-state index contributed by atoms with van der Waals surface area (Å²) in [5.74, 6) is -4.25. The van der Waals surface area contributed by atoms with Crippen LogP contribution < -0.4 is 4.90 Å². The maximum absolute atomic E-state index is 13.1. The fourth-order valence-electron chi connectivity index (χ4n) is 3.73. The molecule has 0 spiro atoms. The molecule has 0 saturated heterocycles. The van der Waals surface area contributed by atoms with Crippen molar-refractivity contribution in [2.24, 2.45) is 0 Å². The molecule has 0 bridgehead atoms. The first kappa shape index (κ1) is 16.8. The summed E-state index contributed by atoms with van der Waals surface area (Å²) >= 11 is 0. The summed E-state index contributed by atoms with van der Waals surface area (Å²) in [5.41, 5.74) is 0.484. The highest BCUT2D eigenvalue weighted by atomic mass is 16.6. The standard InChI is InChI=1S/C21H9NO7/c23-17-11-4-6-13-16-14(21(28)29-20(13)27)7-5-12(15(11)16)18(24)22(17)10-3-1-2-9(8-10)19(25)26/h1-8H,(H,25,26). The molecule has 2 aliphatic rings. The Morgan fingerprint density at radius 2 is 1.28 bits per heavy atom. The first-order chi connectivity index (χ1) is 13.9. The van der Waals surface area contributed by atoms with Gasteiger partial charge in [0.05, 0.1) is 22.4 Å². The van der Waals surface area contributed by atoms with Crippen molar-refractivity contribution in [2.75, 3.05) is 4.90 Å². The van der Waals surface area contributed by atoms with Crippen molar-refractivity contribution in [1.82, 2.24) is 0 Å². The molecular weight excluding hydrogens is 378 g/mol. The SMILES string of the molecule is O=C(O)c1cccc(N2C(=O)c3ccc4c5c(ccc(c35)C2=O)C(=O)OC4=O)c1. The van der Waals surface area contributed by atoms with E-state index in [1.165, 1.54) is 48.5 Å². The zero-order chi connectivity index (χ0) is 20.4. The van der Waals surface area contributed by atoms with Crippen molar-refractivity contribution >= 4 is 46.2 Å². The molecular formula is C21H9NO7. The van der Waals surface area contributed by atoms with Crippen molar-refractivity contribution in [3.05, 3.63) is 76.3 Å². The van der Waals surface area contributed by atoms with Gasteiger partial charge in [0.15, 0.2) is 0 Å². The average molecular weight is 387 g/mol. The lowest BCUT2D eigenvalue weighted by Gasteiger charge is -2.29. The normalized spacial score (nSPS) is 15.0. The second-order valence-electron chi connectivity index (χ2n) is 6.55. The molecule has 0 fully saturated rings. The first-order valence-electron chi connectivity index (χ1n) is 8.47. The van der Waals surface area contributed by atoms with Crippen molar-refractivity contribution in [3.8, 4) is 0 Å². The van der Waals surface area contributed by atoms with E-state index < -0.39 is 29.7 Å². The van der Waals surface area contributed by atoms with Crippen LogP contribution in [0.5, 0.6) is 0 Å². The van der Waals surface area contributed by atoms with E-state index in [0.29, 0.717) is 0 Å². The lowest BCUT2D eigenvalue weighted by atomic mass is 9.87. The van der Waals surface area contributed by atoms with E-state index in [9.17, 15) is 29.1 Å². The van der Waals surface area contributed by atoms with Crippen LogP contribution in [0, 0.1) is 0 Å². The molecule has 29 heavy (non-hydrogen) atoms.